The summed E-state index contributed by atoms with van der Waals surface area (Å²) in [5, 5.41) is 0.570. The Labute approximate surface area is 100 Å². The van der Waals surface area contributed by atoms with E-state index in [1.54, 1.807) is 20.3 Å². The number of ether oxygens (including phenoxy) is 2. The molecule has 1 aliphatic rings. The Bertz CT molecular complexity index is 402. The van der Waals surface area contributed by atoms with Crippen LogP contribution >= 0.6 is 11.6 Å². The Kier molecular flexibility index (Phi) is 3.00. The highest BCUT2D eigenvalue weighted by atomic mass is 35.5. The van der Waals surface area contributed by atoms with Crippen molar-refractivity contribution >= 4 is 11.6 Å². The first-order valence-electron chi connectivity index (χ1n) is 5.27. The highest BCUT2D eigenvalue weighted by Gasteiger charge is 2.39. The van der Waals surface area contributed by atoms with Gasteiger partial charge in [0.2, 0.25) is 0 Å². The average Bonchev–Trinajstić information content (AvgIpc) is 2.95. The Morgan fingerprint density at radius 3 is 2.50 bits per heavy atom. The first-order valence-corrected chi connectivity index (χ1v) is 5.65. The summed E-state index contributed by atoms with van der Waals surface area (Å²) in [4.78, 5) is 0. The zero-order chi connectivity index (χ0) is 11.8. The second kappa shape index (κ2) is 4.15. The molecule has 1 fully saturated rings. The van der Waals surface area contributed by atoms with Crippen molar-refractivity contribution in [1.82, 2.24) is 0 Å². The van der Waals surface area contributed by atoms with Crippen LogP contribution in [0.1, 0.15) is 18.4 Å². The topological polar surface area (TPSA) is 44.5 Å². The third kappa shape index (κ3) is 2.25. The molecule has 0 atom stereocenters. The molecule has 0 unspecified atom stereocenters. The van der Waals surface area contributed by atoms with Crippen LogP contribution in [-0.2, 0) is 6.42 Å². The fourth-order valence-corrected chi connectivity index (χ4v) is 2.12. The second-order valence-corrected chi connectivity index (χ2v) is 4.75. The first-order chi connectivity index (χ1) is 7.58. The molecule has 0 heterocycles. The van der Waals surface area contributed by atoms with E-state index in [9.17, 15) is 0 Å². The van der Waals surface area contributed by atoms with E-state index in [1.165, 1.54) is 0 Å². The van der Waals surface area contributed by atoms with Crippen LogP contribution in [0.4, 0.5) is 0 Å². The molecule has 16 heavy (non-hydrogen) atoms. The van der Waals surface area contributed by atoms with Crippen LogP contribution in [0.5, 0.6) is 11.5 Å². The smallest absolute Gasteiger partial charge is 0.140 e. The van der Waals surface area contributed by atoms with Gasteiger partial charge in [0.25, 0.3) is 0 Å². The van der Waals surface area contributed by atoms with Crippen LogP contribution < -0.4 is 15.2 Å². The van der Waals surface area contributed by atoms with Crippen molar-refractivity contribution in [2.75, 3.05) is 14.2 Å². The van der Waals surface area contributed by atoms with E-state index in [4.69, 9.17) is 26.8 Å². The maximum Gasteiger partial charge on any atom is 0.140 e. The van der Waals surface area contributed by atoms with Crippen molar-refractivity contribution < 1.29 is 9.47 Å². The fourth-order valence-electron chi connectivity index (χ4n) is 1.82. The summed E-state index contributed by atoms with van der Waals surface area (Å²) in [5.41, 5.74) is 7.06. The molecule has 0 aromatic heterocycles. The Balaban J connectivity index is 2.35. The van der Waals surface area contributed by atoms with Gasteiger partial charge in [-0.05, 0) is 25.3 Å². The van der Waals surface area contributed by atoms with E-state index in [0.717, 1.165) is 30.6 Å². The maximum atomic E-state index is 6.12. The SMILES string of the molecule is COc1cc(Cl)c(OC)c(CC2(N)CC2)c1. The van der Waals surface area contributed by atoms with Gasteiger partial charge in [-0.2, -0.15) is 0 Å². The first kappa shape index (κ1) is 11.6. The van der Waals surface area contributed by atoms with Crippen LogP contribution in [-0.4, -0.2) is 19.8 Å². The monoisotopic (exact) mass is 241 g/mol. The average molecular weight is 242 g/mol. The number of halogens is 1. The predicted molar refractivity (Wildman–Crippen MR) is 64.4 cm³/mol. The fraction of sp³-hybridized carbons (Fsp3) is 0.500. The summed E-state index contributed by atoms with van der Waals surface area (Å²) in [6, 6.07) is 3.69. The van der Waals surface area contributed by atoms with Gasteiger partial charge in [0.05, 0.1) is 19.2 Å². The molecular weight excluding hydrogens is 226 g/mol. The Morgan fingerprint density at radius 1 is 1.31 bits per heavy atom. The van der Waals surface area contributed by atoms with E-state index >= 15 is 0 Å². The third-order valence-corrected chi connectivity index (χ3v) is 3.25. The van der Waals surface area contributed by atoms with E-state index in [1.807, 2.05) is 6.07 Å². The van der Waals surface area contributed by atoms with Gasteiger partial charge in [-0.3, -0.25) is 0 Å². The van der Waals surface area contributed by atoms with Gasteiger partial charge in [0.15, 0.2) is 0 Å². The van der Waals surface area contributed by atoms with Crippen LogP contribution in [0.2, 0.25) is 5.02 Å². The van der Waals surface area contributed by atoms with Gasteiger partial charge in [-0.1, -0.05) is 11.6 Å². The normalized spacial score (nSPS) is 17.0. The molecule has 0 bridgehead atoms. The summed E-state index contributed by atoms with van der Waals surface area (Å²) in [6.45, 7) is 0. The van der Waals surface area contributed by atoms with E-state index in [0.29, 0.717) is 10.8 Å². The van der Waals surface area contributed by atoms with Crippen molar-refractivity contribution in [1.29, 1.82) is 0 Å². The molecule has 4 heteroatoms. The van der Waals surface area contributed by atoms with Crippen LogP contribution in [0.3, 0.4) is 0 Å². The van der Waals surface area contributed by atoms with Crippen molar-refractivity contribution in [3.8, 4) is 11.5 Å². The molecular formula is C12H16ClNO2. The maximum absolute atomic E-state index is 6.12. The van der Waals surface area contributed by atoms with Gasteiger partial charge in [-0.25, -0.2) is 0 Å². The molecule has 0 amide bonds. The van der Waals surface area contributed by atoms with Crippen molar-refractivity contribution in [2.45, 2.75) is 24.8 Å². The van der Waals surface area contributed by atoms with Crippen molar-refractivity contribution in [3.05, 3.63) is 22.7 Å². The molecule has 1 aromatic rings. The minimum absolute atomic E-state index is 0.0665. The molecule has 3 nitrogen and oxygen atoms in total. The number of hydrogen-bond acceptors (Lipinski definition) is 3. The lowest BCUT2D eigenvalue weighted by Gasteiger charge is -2.15. The van der Waals surface area contributed by atoms with Gasteiger partial charge in [-0.15, -0.1) is 0 Å². The standard InChI is InChI=1S/C12H16ClNO2/c1-15-9-5-8(7-12(14)3-4-12)11(16-2)10(13)6-9/h5-6H,3-4,7,14H2,1-2H3. The van der Waals surface area contributed by atoms with E-state index < -0.39 is 0 Å². The summed E-state index contributed by atoms with van der Waals surface area (Å²) in [6.07, 6.45) is 2.91. The Hall–Kier alpha value is -0.930. The van der Waals surface area contributed by atoms with Gasteiger partial charge in [0.1, 0.15) is 11.5 Å². The van der Waals surface area contributed by atoms with Crippen LogP contribution in [0, 0.1) is 0 Å². The molecule has 1 aromatic carbocycles. The highest BCUT2D eigenvalue weighted by Crippen LogP contribution is 2.41. The molecule has 0 spiro atoms. The van der Waals surface area contributed by atoms with Crippen LogP contribution in [0.25, 0.3) is 0 Å². The van der Waals surface area contributed by atoms with E-state index in [2.05, 4.69) is 0 Å². The highest BCUT2D eigenvalue weighted by molar-refractivity contribution is 6.32. The van der Waals surface area contributed by atoms with Gasteiger partial charge >= 0.3 is 0 Å². The summed E-state index contributed by atoms with van der Waals surface area (Å²) in [7, 11) is 3.24. The molecule has 2 N–H and O–H groups in total. The lowest BCUT2D eigenvalue weighted by atomic mass is 10.0. The zero-order valence-electron chi connectivity index (χ0n) is 9.55. The van der Waals surface area contributed by atoms with Gasteiger partial charge in [0, 0.05) is 17.2 Å². The van der Waals surface area contributed by atoms with E-state index in [-0.39, 0.29) is 5.54 Å². The number of hydrogen-bond donors (Lipinski definition) is 1. The lowest BCUT2D eigenvalue weighted by Crippen LogP contribution is -2.24. The number of nitrogens with two attached hydrogens (primary N) is 1. The van der Waals surface area contributed by atoms with Crippen LogP contribution in [0.15, 0.2) is 12.1 Å². The van der Waals surface area contributed by atoms with Crippen molar-refractivity contribution in [2.24, 2.45) is 5.73 Å². The van der Waals surface area contributed by atoms with Gasteiger partial charge < -0.3 is 15.2 Å². The molecule has 1 aliphatic carbocycles. The molecule has 2 rings (SSSR count). The molecule has 88 valence electrons. The quantitative estimate of drug-likeness (QED) is 0.881. The minimum atomic E-state index is -0.0665. The molecule has 0 aliphatic heterocycles. The summed E-state index contributed by atoms with van der Waals surface area (Å²) >= 11 is 6.12. The van der Waals surface area contributed by atoms with Crippen molar-refractivity contribution in [3.63, 3.8) is 0 Å². The second-order valence-electron chi connectivity index (χ2n) is 4.34. The largest absolute Gasteiger partial charge is 0.497 e. The summed E-state index contributed by atoms with van der Waals surface area (Å²) in [5.74, 6) is 1.45. The zero-order valence-corrected chi connectivity index (χ0v) is 10.3. The molecule has 0 radical (unpaired) electrons. The Morgan fingerprint density at radius 2 is 2.00 bits per heavy atom. The number of methoxy groups -OCH3 is 2. The lowest BCUT2D eigenvalue weighted by molar-refractivity contribution is 0.397. The molecule has 1 saturated carbocycles. The minimum Gasteiger partial charge on any atom is -0.497 e. The number of rotatable bonds is 4. The third-order valence-electron chi connectivity index (χ3n) is 2.97. The number of benzene rings is 1. The molecule has 0 saturated heterocycles. The summed E-state index contributed by atoms with van der Waals surface area (Å²) < 4.78 is 10.5. The predicted octanol–water partition coefficient (Wildman–Crippen LogP) is 2.39.